The molecule has 1 aliphatic carbocycles. The lowest BCUT2D eigenvalue weighted by atomic mass is 9.77. The molecule has 10 nitrogen and oxygen atoms in total. The van der Waals surface area contributed by atoms with Gasteiger partial charge in [-0.3, -0.25) is 14.5 Å². The zero-order valence-electron chi connectivity index (χ0n) is 23.8. The zero-order valence-corrected chi connectivity index (χ0v) is 25.3. The molecule has 3 aliphatic rings. The van der Waals surface area contributed by atoms with Gasteiger partial charge >= 0.3 is 5.97 Å². The minimum absolute atomic E-state index is 0.0756. The van der Waals surface area contributed by atoms with E-state index >= 15 is 0 Å². The van der Waals surface area contributed by atoms with Crippen molar-refractivity contribution in [2.75, 3.05) is 26.2 Å². The highest BCUT2D eigenvalue weighted by atomic mass is 79.9. The van der Waals surface area contributed by atoms with E-state index < -0.39 is 30.1 Å². The van der Waals surface area contributed by atoms with Crippen LogP contribution in [-0.2, 0) is 16.0 Å². The van der Waals surface area contributed by atoms with Crippen LogP contribution in [0.2, 0.25) is 0 Å². The number of fused-ring (bicyclic) bond motifs is 1. The number of benzene rings is 1. The van der Waals surface area contributed by atoms with Gasteiger partial charge in [0.1, 0.15) is 18.6 Å². The molecule has 222 valence electrons. The average Bonchev–Trinajstić information content (AvgIpc) is 3.23. The molecule has 1 unspecified atom stereocenters. The Morgan fingerprint density at radius 1 is 1.25 bits per heavy atom. The SMILES string of the molecule is CC(C)N(N)/C=C(\N)COc1ccc(Br)c2c1[C@@H](CN1C[C@@H](C)CC1O)N(C(=O)[C@@H]1CCCC[C@@H]1C(=O)O)CC2. The number of carboxylic acids is 1. The third-order valence-corrected chi connectivity index (χ3v) is 9.29. The number of nitrogens with two attached hydrogens (primary N) is 2. The molecule has 1 saturated heterocycles. The predicted molar refractivity (Wildman–Crippen MR) is 156 cm³/mol. The zero-order chi connectivity index (χ0) is 29.1. The second-order valence-electron chi connectivity index (χ2n) is 11.9. The van der Waals surface area contributed by atoms with Crippen molar-refractivity contribution in [1.82, 2.24) is 14.8 Å². The number of carbonyl (C=O) groups excluding carboxylic acids is 1. The molecule has 0 aromatic heterocycles. The first kappa shape index (κ1) is 30.6. The van der Waals surface area contributed by atoms with Crippen molar-refractivity contribution in [1.29, 1.82) is 0 Å². The van der Waals surface area contributed by atoms with Crippen LogP contribution < -0.4 is 16.3 Å². The van der Waals surface area contributed by atoms with Gasteiger partial charge in [-0.15, -0.1) is 0 Å². The van der Waals surface area contributed by atoms with E-state index in [0.717, 1.165) is 35.0 Å². The molecule has 11 heteroatoms. The number of hydrogen-bond acceptors (Lipinski definition) is 8. The van der Waals surface area contributed by atoms with Crippen LogP contribution in [0.4, 0.5) is 0 Å². The summed E-state index contributed by atoms with van der Waals surface area (Å²) in [6.07, 6.45) is 5.09. The molecular weight excluding hydrogens is 578 g/mol. The molecule has 1 aromatic carbocycles. The van der Waals surface area contributed by atoms with Crippen molar-refractivity contribution in [2.24, 2.45) is 29.3 Å². The van der Waals surface area contributed by atoms with Gasteiger partial charge in [0, 0.05) is 41.9 Å². The van der Waals surface area contributed by atoms with Gasteiger partial charge in [-0.05, 0) is 63.1 Å². The number of hydrogen-bond donors (Lipinski definition) is 4. The van der Waals surface area contributed by atoms with Crippen molar-refractivity contribution < 1.29 is 24.5 Å². The van der Waals surface area contributed by atoms with E-state index in [9.17, 15) is 19.8 Å². The lowest BCUT2D eigenvalue weighted by Gasteiger charge is -2.43. The fourth-order valence-corrected chi connectivity index (χ4v) is 6.90. The van der Waals surface area contributed by atoms with Crippen molar-refractivity contribution in [3.05, 3.63) is 39.6 Å². The number of nitrogens with zero attached hydrogens (tertiary/aromatic N) is 3. The molecule has 2 aliphatic heterocycles. The summed E-state index contributed by atoms with van der Waals surface area (Å²) >= 11 is 3.71. The summed E-state index contributed by atoms with van der Waals surface area (Å²) in [7, 11) is 0. The maximum absolute atomic E-state index is 14.1. The largest absolute Gasteiger partial charge is 0.487 e. The van der Waals surface area contributed by atoms with Gasteiger partial charge in [-0.25, -0.2) is 5.84 Å². The minimum Gasteiger partial charge on any atom is -0.487 e. The summed E-state index contributed by atoms with van der Waals surface area (Å²) in [6, 6.07) is 3.49. The summed E-state index contributed by atoms with van der Waals surface area (Å²) in [5, 5.41) is 22.2. The number of ether oxygens (including phenoxy) is 1. The summed E-state index contributed by atoms with van der Waals surface area (Å²) in [6.45, 7) is 7.76. The Balaban J connectivity index is 1.70. The molecule has 0 spiro atoms. The molecule has 2 heterocycles. The van der Waals surface area contributed by atoms with Crippen molar-refractivity contribution in [2.45, 2.75) is 77.6 Å². The average molecular weight is 623 g/mol. The van der Waals surface area contributed by atoms with Crippen LogP contribution in [0.1, 0.15) is 70.0 Å². The fraction of sp³-hybridized carbons (Fsp3) is 0.655. The Morgan fingerprint density at radius 2 is 1.95 bits per heavy atom. The molecule has 1 amide bonds. The van der Waals surface area contributed by atoms with Crippen molar-refractivity contribution in [3.63, 3.8) is 0 Å². The number of rotatable bonds is 9. The number of likely N-dealkylation sites (tertiary alicyclic amines) is 1. The highest BCUT2D eigenvalue weighted by Gasteiger charge is 2.44. The third-order valence-electron chi connectivity index (χ3n) is 8.55. The van der Waals surface area contributed by atoms with Crippen LogP contribution in [0.5, 0.6) is 5.75 Å². The van der Waals surface area contributed by atoms with Crippen LogP contribution in [0.15, 0.2) is 28.5 Å². The number of hydrazine groups is 1. The number of amides is 1. The normalized spacial score (nSPS) is 27.5. The second kappa shape index (κ2) is 13.1. The third kappa shape index (κ3) is 6.75. The summed E-state index contributed by atoms with van der Waals surface area (Å²) in [4.78, 5) is 30.1. The van der Waals surface area contributed by atoms with E-state index in [2.05, 4.69) is 22.9 Å². The van der Waals surface area contributed by atoms with Gasteiger partial charge < -0.3 is 30.6 Å². The molecule has 5 atom stereocenters. The Morgan fingerprint density at radius 3 is 2.58 bits per heavy atom. The Hall–Kier alpha value is -2.34. The van der Waals surface area contributed by atoms with Crippen LogP contribution in [0, 0.1) is 17.8 Å². The standard InChI is InChI=1S/C29H44BrN5O5/c1-17(2)35(32)14-19(31)16-40-25-9-8-23(30)22-10-11-34(28(37)20-6-4-5-7-21(20)29(38)39)24(27(22)25)15-33-13-18(3)12-26(33)36/h8-9,14,17-18,20-21,24,26,36H,4-7,10-13,15-16,31-32H2,1-3H3,(H,38,39)/b19-14-/t18-,20+,21-,24+,26?/m0/s1. The van der Waals surface area contributed by atoms with Gasteiger partial charge in [0.2, 0.25) is 5.91 Å². The van der Waals surface area contributed by atoms with E-state index in [0.29, 0.717) is 56.1 Å². The van der Waals surface area contributed by atoms with Gasteiger partial charge in [-0.2, -0.15) is 0 Å². The lowest BCUT2D eigenvalue weighted by Crippen LogP contribution is -2.50. The van der Waals surface area contributed by atoms with Gasteiger partial charge in [0.25, 0.3) is 0 Å². The van der Waals surface area contributed by atoms with Gasteiger partial charge in [-0.1, -0.05) is 35.7 Å². The van der Waals surface area contributed by atoms with E-state index in [1.165, 1.54) is 5.01 Å². The van der Waals surface area contributed by atoms with E-state index in [4.69, 9.17) is 16.3 Å². The predicted octanol–water partition coefficient (Wildman–Crippen LogP) is 3.19. The number of aliphatic hydroxyl groups is 1. The molecule has 4 rings (SSSR count). The summed E-state index contributed by atoms with van der Waals surface area (Å²) in [5.74, 6) is 4.70. The molecule has 2 fully saturated rings. The summed E-state index contributed by atoms with van der Waals surface area (Å²) < 4.78 is 7.20. The molecule has 0 bridgehead atoms. The Labute approximate surface area is 245 Å². The van der Waals surface area contributed by atoms with E-state index in [-0.39, 0.29) is 18.6 Å². The Kier molecular flexibility index (Phi) is 10.0. The highest BCUT2D eigenvalue weighted by Crippen LogP contribution is 2.43. The molecule has 40 heavy (non-hydrogen) atoms. The first-order valence-electron chi connectivity index (χ1n) is 14.4. The minimum atomic E-state index is -0.903. The first-order valence-corrected chi connectivity index (χ1v) is 15.2. The maximum Gasteiger partial charge on any atom is 0.307 e. The number of aliphatic hydroxyl groups excluding tert-OH is 1. The van der Waals surface area contributed by atoms with Crippen LogP contribution >= 0.6 is 15.9 Å². The maximum atomic E-state index is 14.1. The van der Waals surface area contributed by atoms with E-state index in [1.54, 1.807) is 6.20 Å². The molecule has 0 radical (unpaired) electrons. The van der Waals surface area contributed by atoms with Gasteiger partial charge in [0.05, 0.1) is 23.6 Å². The number of carbonyl (C=O) groups is 2. The molecule has 1 saturated carbocycles. The first-order chi connectivity index (χ1) is 19.0. The van der Waals surface area contributed by atoms with Crippen LogP contribution in [0.25, 0.3) is 0 Å². The van der Waals surface area contributed by atoms with Crippen LogP contribution in [-0.4, -0.2) is 75.4 Å². The summed E-state index contributed by atoms with van der Waals surface area (Å²) in [5.41, 5.74) is 8.62. The number of aliphatic carboxylic acids is 1. The fourth-order valence-electron chi connectivity index (χ4n) is 6.36. The highest BCUT2D eigenvalue weighted by molar-refractivity contribution is 9.10. The van der Waals surface area contributed by atoms with Crippen molar-refractivity contribution in [3.8, 4) is 5.75 Å². The lowest BCUT2D eigenvalue weighted by molar-refractivity contribution is -0.154. The molecule has 6 N–H and O–H groups in total. The monoisotopic (exact) mass is 621 g/mol. The number of halogens is 1. The second-order valence-corrected chi connectivity index (χ2v) is 12.7. The topological polar surface area (TPSA) is 146 Å². The van der Waals surface area contributed by atoms with Crippen molar-refractivity contribution >= 4 is 27.8 Å². The molecule has 1 aromatic rings. The van der Waals surface area contributed by atoms with Gasteiger partial charge in [0.15, 0.2) is 0 Å². The molecular formula is C29H44BrN5O5. The van der Waals surface area contributed by atoms with Crippen LogP contribution in [0.3, 0.4) is 0 Å². The number of carboxylic acid groups (broad SMARTS) is 1. The van der Waals surface area contributed by atoms with E-state index in [1.807, 2.05) is 35.8 Å². The quantitative estimate of drug-likeness (QED) is 0.241. The smallest absolute Gasteiger partial charge is 0.307 e. The Bertz CT molecular complexity index is 1110.